The maximum atomic E-state index is 16.1. The summed E-state index contributed by atoms with van der Waals surface area (Å²) in [4.78, 5) is 51.6. The van der Waals surface area contributed by atoms with E-state index < -0.39 is 53.4 Å². The number of ether oxygens (including phenoxy) is 1. The van der Waals surface area contributed by atoms with E-state index in [2.05, 4.69) is 15.6 Å². The lowest BCUT2D eigenvalue weighted by atomic mass is 9.63. The summed E-state index contributed by atoms with van der Waals surface area (Å²) in [5.41, 5.74) is -1.42. The molecule has 36 heavy (non-hydrogen) atoms. The first kappa shape index (κ1) is 22.3. The molecule has 1 aromatic carbocycles. The number of halogens is 1. The van der Waals surface area contributed by atoms with Gasteiger partial charge in [-0.05, 0) is 31.9 Å². The van der Waals surface area contributed by atoms with Gasteiger partial charge >= 0.3 is 5.97 Å². The first-order chi connectivity index (χ1) is 17.1. The molecule has 2 saturated heterocycles. The van der Waals surface area contributed by atoms with Crippen LogP contribution in [0, 0.1) is 11.2 Å². The van der Waals surface area contributed by atoms with E-state index >= 15 is 4.39 Å². The molecule has 0 aliphatic carbocycles. The number of carbonyl (C=O) groups excluding carboxylic acids is 3. The maximum absolute atomic E-state index is 16.1. The molecule has 2 fully saturated rings. The normalized spacial score (nSPS) is 27.8. The highest BCUT2D eigenvalue weighted by molar-refractivity contribution is 6.22. The van der Waals surface area contributed by atoms with Crippen LogP contribution in [0.3, 0.4) is 0 Å². The molecule has 0 bridgehead atoms. The van der Waals surface area contributed by atoms with Gasteiger partial charge in [0.15, 0.2) is 11.6 Å². The van der Waals surface area contributed by atoms with E-state index in [1.165, 1.54) is 6.20 Å². The summed E-state index contributed by atoms with van der Waals surface area (Å²) in [6.45, 7) is 3.72. The van der Waals surface area contributed by atoms with Crippen molar-refractivity contribution in [2.24, 2.45) is 5.41 Å². The Labute approximate surface area is 201 Å². The molecule has 12 nitrogen and oxygen atoms in total. The molecule has 2 amide bonds. The number of ketones is 1. The Bertz CT molecular complexity index is 1470. The number of Topliss-reactive ketones (excluding diaryl/α,β-unsaturated/α-hetero) is 1. The SMILES string of the molecule is C[C@@H]1CN2c3c(cc4c(-n5cc(C(=O)O)cn5)noc4c3F)CC3(C(=O)CC(=O)NC3=O)[C@H]2[C@H](C)O1. The number of rotatable bonds is 2. The molecule has 6 rings (SSSR count). The summed E-state index contributed by atoms with van der Waals surface area (Å²) in [7, 11) is 0. The second kappa shape index (κ2) is 7.43. The molecule has 0 saturated carbocycles. The van der Waals surface area contributed by atoms with Gasteiger partial charge in [-0.15, -0.1) is 0 Å². The van der Waals surface area contributed by atoms with Crippen molar-refractivity contribution < 1.29 is 37.9 Å². The number of carboxylic acid groups (broad SMARTS) is 1. The van der Waals surface area contributed by atoms with E-state index in [9.17, 15) is 24.3 Å². The van der Waals surface area contributed by atoms with E-state index in [-0.39, 0.29) is 47.1 Å². The van der Waals surface area contributed by atoms with E-state index in [0.29, 0.717) is 5.56 Å². The Morgan fingerprint density at radius 2 is 2.08 bits per heavy atom. The summed E-state index contributed by atoms with van der Waals surface area (Å²) in [6, 6.07) is 0.724. The van der Waals surface area contributed by atoms with Gasteiger partial charge < -0.3 is 19.3 Å². The van der Waals surface area contributed by atoms with Crippen LogP contribution in [-0.2, 0) is 25.5 Å². The number of morpholine rings is 1. The number of amides is 2. The zero-order valence-electron chi connectivity index (χ0n) is 19.1. The zero-order chi connectivity index (χ0) is 25.5. The Balaban J connectivity index is 1.58. The third-order valence-corrected chi connectivity index (χ3v) is 7.20. The van der Waals surface area contributed by atoms with Gasteiger partial charge in [-0.2, -0.15) is 5.10 Å². The van der Waals surface area contributed by atoms with Crippen LogP contribution in [0.1, 0.15) is 36.2 Å². The highest BCUT2D eigenvalue weighted by Gasteiger charge is 2.62. The Kier molecular flexibility index (Phi) is 4.61. The summed E-state index contributed by atoms with van der Waals surface area (Å²) in [5.74, 6) is -3.84. The minimum absolute atomic E-state index is 0.0497. The average Bonchev–Trinajstić information content (AvgIpc) is 3.44. The molecule has 186 valence electrons. The van der Waals surface area contributed by atoms with Gasteiger partial charge in [-0.3, -0.25) is 19.7 Å². The summed E-state index contributed by atoms with van der Waals surface area (Å²) < 4.78 is 28.5. The molecule has 5 heterocycles. The molecule has 2 N–H and O–H groups in total. The predicted molar refractivity (Wildman–Crippen MR) is 118 cm³/mol. The van der Waals surface area contributed by atoms with Crippen LogP contribution in [0.5, 0.6) is 0 Å². The van der Waals surface area contributed by atoms with Crippen LogP contribution in [0.15, 0.2) is 23.0 Å². The lowest BCUT2D eigenvalue weighted by Gasteiger charge is -2.55. The molecule has 3 aromatic rings. The first-order valence-corrected chi connectivity index (χ1v) is 11.3. The van der Waals surface area contributed by atoms with Crippen molar-refractivity contribution in [2.45, 2.75) is 44.9 Å². The minimum atomic E-state index is -1.67. The number of carboxylic acids is 1. The molecule has 3 aliphatic rings. The molecule has 3 aliphatic heterocycles. The summed E-state index contributed by atoms with van der Waals surface area (Å²) >= 11 is 0. The number of piperidine rings is 1. The molecular formula is C23H20FN5O7. The standard InChI is InChI=1S/C23H20FN5O7/c1-9-7-28-17-11(5-23(19(28)10(2)35-9)14(30)4-15(31)26-22(23)34)3-13-18(16(17)24)36-27-20(13)29-8-12(6-25-29)21(32)33/h3,6,8-10,19H,4-5,7H2,1-2H3,(H,32,33)(H,26,31,34)/t9-,10+,19-,23?/m1/s1. The topological polar surface area (TPSA) is 157 Å². The van der Waals surface area contributed by atoms with E-state index in [4.69, 9.17) is 9.26 Å². The summed E-state index contributed by atoms with van der Waals surface area (Å²) in [5, 5.41) is 19.6. The third-order valence-electron chi connectivity index (χ3n) is 7.20. The van der Waals surface area contributed by atoms with Crippen molar-refractivity contribution >= 4 is 40.2 Å². The number of benzene rings is 1. The second-order valence-corrected chi connectivity index (χ2v) is 9.43. The molecular weight excluding hydrogens is 477 g/mol. The van der Waals surface area contributed by atoms with E-state index in [1.807, 2.05) is 0 Å². The number of aromatic nitrogens is 3. The number of hydrogen-bond acceptors (Lipinski definition) is 9. The van der Waals surface area contributed by atoms with Gasteiger partial charge in [0, 0.05) is 12.7 Å². The highest BCUT2D eigenvalue weighted by Crippen LogP contribution is 2.50. The quantitative estimate of drug-likeness (QED) is 0.386. The van der Waals surface area contributed by atoms with Gasteiger partial charge in [0.1, 0.15) is 5.41 Å². The number of carbonyl (C=O) groups is 4. The smallest absolute Gasteiger partial charge is 0.338 e. The van der Waals surface area contributed by atoms with Gasteiger partial charge in [0.05, 0.1) is 47.5 Å². The van der Waals surface area contributed by atoms with Crippen LogP contribution in [0.2, 0.25) is 0 Å². The number of nitrogens with one attached hydrogen (secondary N) is 1. The highest BCUT2D eigenvalue weighted by atomic mass is 19.1. The largest absolute Gasteiger partial charge is 0.478 e. The molecule has 0 radical (unpaired) electrons. The second-order valence-electron chi connectivity index (χ2n) is 9.43. The molecule has 2 aromatic heterocycles. The van der Waals surface area contributed by atoms with Crippen molar-refractivity contribution in [1.82, 2.24) is 20.3 Å². The Hall–Kier alpha value is -4.13. The molecule has 13 heteroatoms. The predicted octanol–water partition coefficient (Wildman–Crippen LogP) is 0.991. The van der Waals surface area contributed by atoms with Crippen LogP contribution in [0.4, 0.5) is 10.1 Å². The fraction of sp³-hybridized carbons (Fsp3) is 0.391. The van der Waals surface area contributed by atoms with Gasteiger partial charge in [0.2, 0.25) is 23.2 Å². The first-order valence-electron chi connectivity index (χ1n) is 11.3. The van der Waals surface area contributed by atoms with Crippen molar-refractivity contribution in [2.75, 3.05) is 11.4 Å². The molecule has 1 unspecified atom stereocenters. The van der Waals surface area contributed by atoms with E-state index in [0.717, 1.165) is 10.9 Å². The average molecular weight is 497 g/mol. The van der Waals surface area contributed by atoms with Crippen molar-refractivity contribution in [3.05, 3.63) is 35.4 Å². The molecule has 4 atom stereocenters. The fourth-order valence-electron chi connectivity index (χ4n) is 5.85. The maximum Gasteiger partial charge on any atom is 0.338 e. The number of nitrogens with zero attached hydrogens (tertiary/aromatic N) is 4. The monoisotopic (exact) mass is 497 g/mol. The zero-order valence-corrected chi connectivity index (χ0v) is 19.1. The van der Waals surface area contributed by atoms with Crippen LogP contribution < -0.4 is 10.2 Å². The lowest BCUT2D eigenvalue weighted by molar-refractivity contribution is -0.158. The van der Waals surface area contributed by atoms with Crippen molar-refractivity contribution in [3.8, 4) is 5.82 Å². The van der Waals surface area contributed by atoms with Crippen LogP contribution >= 0.6 is 0 Å². The number of hydrogen-bond donors (Lipinski definition) is 2. The fourth-order valence-corrected chi connectivity index (χ4v) is 5.85. The molecule has 1 spiro atoms. The minimum Gasteiger partial charge on any atom is -0.478 e. The lowest BCUT2D eigenvalue weighted by Crippen LogP contribution is -2.72. The number of fused-ring (bicyclic) bond motifs is 5. The summed E-state index contributed by atoms with van der Waals surface area (Å²) in [6.07, 6.45) is 0.743. The Morgan fingerprint density at radius 3 is 2.78 bits per heavy atom. The van der Waals surface area contributed by atoms with Gasteiger partial charge in [0.25, 0.3) is 0 Å². The number of anilines is 1. The van der Waals surface area contributed by atoms with Crippen molar-refractivity contribution in [3.63, 3.8) is 0 Å². The van der Waals surface area contributed by atoms with E-state index in [1.54, 1.807) is 24.8 Å². The van der Waals surface area contributed by atoms with Crippen LogP contribution in [0.25, 0.3) is 16.8 Å². The van der Waals surface area contributed by atoms with Crippen molar-refractivity contribution in [1.29, 1.82) is 0 Å². The number of aromatic carboxylic acids is 1. The third kappa shape index (κ3) is 2.89. The van der Waals surface area contributed by atoms with Gasteiger partial charge in [-0.25, -0.2) is 13.9 Å². The Morgan fingerprint density at radius 1 is 1.31 bits per heavy atom. The van der Waals surface area contributed by atoms with Crippen LogP contribution in [-0.4, -0.2) is 68.4 Å². The number of imide groups is 1. The van der Waals surface area contributed by atoms with Gasteiger partial charge in [-0.1, -0.05) is 5.16 Å².